The molecule has 2 aromatic rings. The summed E-state index contributed by atoms with van der Waals surface area (Å²) in [5, 5.41) is 7.31. The minimum Gasteiger partial charge on any atom is -0.492 e. The molecule has 1 aliphatic heterocycles. The molecule has 1 aromatic carbocycles. The van der Waals surface area contributed by atoms with Gasteiger partial charge in [-0.1, -0.05) is 13.8 Å². The van der Waals surface area contributed by atoms with E-state index in [0.717, 1.165) is 60.0 Å². The number of amides is 1. The maximum atomic E-state index is 12.2. The van der Waals surface area contributed by atoms with Crippen molar-refractivity contribution in [1.82, 2.24) is 14.7 Å². The van der Waals surface area contributed by atoms with Gasteiger partial charge in [0.25, 0.3) is 0 Å². The Kier molecular flexibility index (Phi) is 7.69. The van der Waals surface area contributed by atoms with Gasteiger partial charge in [-0.15, -0.1) is 0 Å². The average molecular weight is 465 g/mol. The van der Waals surface area contributed by atoms with Crippen LogP contribution in [0.15, 0.2) is 28.9 Å². The van der Waals surface area contributed by atoms with Crippen LogP contribution in [0, 0.1) is 5.92 Å². The molecule has 1 aliphatic rings. The van der Waals surface area contributed by atoms with Crippen LogP contribution in [0.5, 0.6) is 5.75 Å². The average Bonchev–Trinajstić information content (AvgIpc) is 3.01. The molecular weight excluding hydrogens is 436 g/mol. The van der Waals surface area contributed by atoms with E-state index < -0.39 is 0 Å². The first kappa shape index (κ1) is 21.8. The second-order valence-electron chi connectivity index (χ2n) is 7.62. The zero-order valence-corrected chi connectivity index (χ0v) is 18.9. The van der Waals surface area contributed by atoms with Crippen LogP contribution in [0.1, 0.15) is 20.3 Å². The molecule has 8 heteroatoms. The van der Waals surface area contributed by atoms with Crippen molar-refractivity contribution in [1.29, 1.82) is 0 Å². The Labute approximate surface area is 180 Å². The number of nitrogens with zero attached hydrogens (tertiary/aromatic N) is 3. The molecule has 1 N–H and O–H groups in total. The number of hydrogen-bond acceptors (Lipinski definition) is 5. The maximum Gasteiger partial charge on any atom is 0.224 e. The van der Waals surface area contributed by atoms with Crippen molar-refractivity contribution in [3.8, 4) is 17.0 Å². The Bertz CT molecular complexity index is 812. The second-order valence-corrected chi connectivity index (χ2v) is 8.48. The summed E-state index contributed by atoms with van der Waals surface area (Å²) in [6.07, 6.45) is 2.25. The molecule has 2 heterocycles. The van der Waals surface area contributed by atoms with Gasteiger partial charge >= 0.3 is 0 Å². The molecule has 0 radical (unpaired) electrons. The summed E-state index contributed by atoms with van der Waals surface area (Å²) in [4.78, 5) is 14.5. The summed E-state index contributed by atoms with van der Waals surface area (Å²) in [6, 6.07) is 5.75. The Morgan fingerprint density at radius 3 is 2.76 bits per heavy atom. The van der Waals surface area contributed by atoms with Gasteiger partial charge < -0.3 is 14.8 Å². The number of anilines is 1. The summed E-state index contributed by atoms with van der Waals surface area (Å²) in [5.74, 6) is 1.09. The number of hydrogen-bond donors (Lipinski definition) is 1. The van der Waals surface area contributed by atoms with Gasteiger partial charge in [0.2, 0.25) is 5.91 Å². The van der Waals surface area contributed by atoms with E-state index in [1.807, 2.05) is 39.1 Å². The lowest BCUT2D eigenvalue weighted by molar-refractivity contribution is -0.116. The third kappa shape index (κ3) is 6.04. The van der Waals surface area contributed by atoms with Crippen LogP contribution >= 0.6 is 15.9 Å². The molecule has 0 aliphatic carbocycles. The first-order valence-electron chi connectivity index (χ1n) is 9.98. The van der Waals surface area contributed by atoms with Gasteiger partial charge in [-0.25, -0.2) is 0 Å². The van der Waals surface area contributed by atoms with Crippen molar-refractivity contribution in [2.45, 2.75) is 20.3 Å². The largest absolute Gasteiger partial charge is 0.492 e. The number of nitrogens with one attached hydrogen (secondary N) is 1. The standard InChI is InChI=1S/C21H29BrN4O3/c1-15(2)12-20(27)24-16-4-5-19(29-11-8-26-6-9-28-10-7-26)17(13-16)21-18(22)14-23-25(21)3/h4-5,13-15H,6-12H2,1-3H3,(H,24,27). The van der Waals surface area contributed by atoms with Gasteiger partial charge in [-0.05, 0) is 40.0 Å². The van der Waals surface area contributed by atoms with E-state index in [-0.39, 0.29) is 5.91 Å². The number of morpholine rings is 1. The van der Waals surface area contributed by atoms with E-state index in [2.05, 4.69) is 31.2 Å². The highest BCUT2D eigenvalue weighted by Crippen LogP contribution is 2.36. The van der Waals surface area contributed by atoms with Crippen molar-refractivity contribution < 1.29 is 14.3 Å². The topological polar surface area (TPSA) is 68.6 Å². The van der Waals surface area contributed by atoms with Crippen LogP contribution in [0.4, 0.5) is 5.69 Å². The van der Waals surface area contributed by atoms with Crippen molar-refractivity contribution >= 4 is 27.5 Å². The van der Waals surface area contributed by atoms with Crippen molar-refractivity contribution in [3.05, 3.63) is 28.9 Å². The summed E-state index contributed by atoms with van der Waals surface area (Å²) in [7, 11) is 1.89. The van der Waals surface area contributed by atoms with Crippen molar-refractivity contribution in [2.75, 3.05) is 44.8 Å². The lowest BCUT2D eigenvalue weighted by Gasteiger charge is -2.26. The van der Waals surface area contributed by atoms with Crippen LogP contribution in [0.25, 0.3) is 11.3 Å². The number of benzene rings is 1. The lowest BCUT2D eigenvalue weighted by Crippen LogP contribution is -2.38. The Morgan fingerprint density at radius 1 is 1.34 bits per heavy atom. The van der Waals surface area contributed by atoms with Crippen LogP contribution in [-0.4, -0.2) is 60.0 Å². The van der Waals surface area contributed by atoms with Gasteiger partial charge in [0.1, 0.15) is 12.4 Å². The van der Waals surface area contributed by atoms with Crippen LogP contribution < -0.4 is 10.1 Å². The number of carbonyl (C=O) groups is 1. The zero-order chi connectivity index (χ0) is 20.8. The molecule has 1 aromatic heterocycles. The first-order chi connectivity index (χ1) is 13.9. The predicted molar refractivity (Wildman–Crippen MR) is 117 cm³/mol. The molecule has 7 nitrogen and oxygen atoms in total. The monoisotopic (exact) mass is 464 g/mol. The summed E-state index contributed by atoms with van der Waals surface area (Å²) in [6.45, 7) is 8.92. The lowest BCUT2D eigenvalue weighted by atomic mass is 10.1. The SMILES string of the molecule is CC(C)CC(=O)Nc1ccc(OCCN2CCOCC2)c(-c2c(Br)cnn2C)c1. The van der Waals surface area contributed by atoms with Gasteiger partial charge in [0.05, 0.1) is 29.6 Å². The highest BCUT2D eigenvalue weighted by molar-refractivity contribution is 9.10. The highest BCUT2D eigenvalue weighted by atomic mass is 79.9. The van der Waals surface area contributed by atoms with Crippen LogP contribution in [0.2, 0.25) is 0 Å². The number of aromatic nitrogens is 2. The molecule has 1 saturated heterocycles. The first-order valence-corrected chi connectivity index (χ1v) is 10.8. The molecule has 0 atom stereocenters. The number of rotatable bonds is 8. The summed E-state index contributed by atoms with van der Waals surface area (Å²) in [5.41, 5.74) is 2.55. The highest BCUT2D eigenvalue weighted by Gasteiger charge is 2.17. The molecule has 0 saturated carbocycles. The smallest absolute Gasteiger partial charge is 0.224 e. The number of halogens is 1. The number of ether oxygens (including phenoxy) is 2. The number of aryl methyl sites for hydroxylation is 1. The fourth-order valence-electron chi connectivity index (χ4n) is 3.32. The van der Waals surface area contributed by atoms with E-state index in [9.17, 15) is 4.79 Å². The van der Waals surface area contributed by atoms with Crippen molar-refractivity contribution in [2.24, 2.45) is 13.0 Å². The fourth-order valence-corrected chi connectivity index (χ4v) is 3.89. The summed E-state index contributed by atoms with van der Waals surface area (Å²) >= 11 is 3.58. The van der Waals surface area contributed by atoms with E-state index >= 15 is 0 Å². The Balaban J connectivity index is 1.78. The maximum absolute atomic E-state index is 12.2. The van der Waals surface area contributed by atoms with E-state index in [1.165, 1.54) is 0 Å². The molecule has 0 bridgehead atoms. The molecule has 3 rings (SSSR count). The van der Waals surface area contributed by atoms with E-state index in [0.29, 0.717) is 18.9 Å². The third-order valence-corrected chi connectivity index (χ3v) is 5.36. The molecule has 1 amide bonds. The third-order valence-electron chi connectivity index (χ3n) is 4.77. The zero-order valence-electron chi connectivity index (χ0n) is 17.3. The number of carbonyl (C=O) groups excluding carboxylic acids is 1. The van der Waals surface area contributed by atoms with Crippen LogP contribution in [-0.2, 0) is 16.6 Å². The Hall–Kier alpha value is -1.90. The quantitative estimate of drug-likeness (QED) is 0.646. The molecule has 158 valence electrons. The van der Waals surface area contributed by atoms with E-state index in [4.69, 9.17) is 9.47 Å². The normalized spacial score (nSPS) is 14.9. The molecule has 0 unspecified atom stereocenters. The minimum absolute atomic E-state index is 0.0102. The molecule has 1 fully saturated rings. The molecular formula is C21H29BrN4O3. The predicted octanol–water partition coefficient (Wildman–Crippen LogP) is 3.55. The minimum atomic E-state index is 0.0102. The van der Waals surface area contributed by atoms with Gasteiger partial charge in [-0.2, -0.15) is 5.10 Å². The Morgan fingerprint density at radius 2 is 2.10 bits per heavy atom. The molecule has 0 spiro atoms. The van der Waals surface area contributed by atoms with E-state index in [1.54, 1.807) is 10.9 Å². The fraction of sp³-hybridized carbons (Fsp3) is 0.524. The summed E-state index contributed by atoms with van der Waals surface area (Å²) < 4.78 is 14.2. The van der Waals surface area contributed by atoms with Crippen LogP contribution in [0.3, 0.4) is 0 Å². The van der Waals surface area contributed by atoms with Gasteiger partial charge in [0, 0.05) is 44.4 Å². The second kappa shape index (κ2) is 10.2. The molecule has 29 heavy (non-hydrogen) atoms. The van der Waals surface area contributed by atoms with Crippen molar-refractivity contribution in [3.63, 3.8) is 0 Å². The van der Waals surface area contributed by atoms with Gasteiger partial charge in [0.15, 0.2) is 0 Å². The van der Waals surface area contributed by atoms with Gasteiger partial charge in [-0.3, -0.25) is 14.4 Å².